The van der Waals surface area contributed by atoms with Crippen LogP contribution >= 0.6 is 31.9 Å². The van der Waals surface area contributed by atoms with Gasteiger partial charge in [0.2, 0.25) is 5.78 Å². The fourth-order valence-corrected chi connectivity index (χ4v) is 2.39. The molecule has 0 bridgehead atoms. The number of Topliss-reactive ketones (excluding diaryl/α,β-unsaturated/α-hetero) is 1. The van der Waals surface area contributed by atoms with Gasteiger partial charge in [-0.05, 0) is 39.7 Å². The minimum Gasteiger partial charge on any atom is -0.446 e. The molecule has 0 radical (unpaired) electrons. The van der Waals surface area contributed by atoms with Gasteiger partial charge in [-0.2, -0.15) is 5.26 Å². The van der Waals surface area contributed by atoms with Gasteiger partial charge < -0.3 is 4.42 Å². The molecule has 2 aromatic rings. The fraction of sp³-hybridized carbons (Fsp3) is 0.0769. The number of benzene rings is 1. The van der Waals surface area contributed by atoms with Crippen LogP contribution in [0, 0.1) is 11.3 Å². The molecule has 0 aliphatic carbocycles. The van der Waals surface area contributed by atoms with Crippen molar-refractivity contribution in [2.24, 2.45) is 0 Å². The third kappa shape index (κ3) is 2.55. The third-order valence-electron chi connectivity index (χ3n) is 2.42. The second-order valence-electron chi connectivity index (χ2n) is 3.55. The number of nitrogens with zero attached hydrogens (tertiary/aromatic N) is 1. The van der Waals surface area contributed by atoms with E-state index in [-0.39, 0.29) is 11.5 Å². The molecule has 1 aromatic heterocycles. The zero-order valence-corrected chi connectivity index (χ0v) is 12.2. The van der Waals surface area contributed by atoms with Gasteiger partial charge in [-0.1, -0.05) is 34.1 Å². The Morgan fingerprint density at radius 3 is 2.50 bits per heavy atom. The minimum absolute atomic E-state index is 0.171. The lowest BCUT2D eigenvalue weighted by Gasteiger charge is -2.08. The van der Waals surface area contributed by atoms with E-state index in [1.165, 1.54) is 0 Å². The van der Waals surface area contributed by atoms with Gasteiger partial charge in [-0.3, -0.25) is 4.79 Å². The molecular weight excluding hydrogens is 362 g/mol. The van der Waals surface area contributed by atoms with Crippen molar-refractivity contribution < 1.29 is 9.21 Å². The van der Waals surface area contributed by atoms with Gasteiger partial charge in [0.1, 0.15) is 5.92 Å². The predicted octanol–water partition coefficient (Wildman–Crippen LogP) is 4.29. The standard InChI is InChI=1S/C13H7Br2NO2/c14-10-4-2-1-3-8(10)9(7-16)13(17)11-5-6-12(15)18-11/h1-6,9H. The first-order valence-electron chi connectivity index (χ1n) is 5.07. The zero-order valence-electron chi connectivity index (χ0n) is 9.06. The largest absolute Gasteiger partial charge is 0.446 e. The van der Waals surface area contributed by atoms with Gasteiger partial charge in [0, 0.05) is 4.47 Å². The Morgan fingerprint density at radius 2 is 1.94 bits per heavy atom. The summed E-state index contributed by atoms with van der Waals surface area (Å²) in [6.45, 7) is 0. The lowest BCUT2D eigenvalue weighted by molar-refractivity contribution is 0.0950. The Labute approximate surface area is 121 Å². The summed E-state index contributed by atoms with van der Waals surface area (Å²) < 4.78 is 6.39. The Kier molecular flexibility index (Phi) is 4.00. The highest BCUT2D eigenvalue weighted by atomic mass is 79.9. The monoisotopic (exact) mass is 367 g/mol. The summed E-state index contributed by atoms with van der Waals surface area (Å²) in [6.07, 6.45) is 0. The van der Waals surface area contributed by atoms with Crippen LogP contribution in [0.2, 0.25) is 0 Å². The van der Waals surface area contributed by atoms with Crippen LogP contribution in [-0.4, -0.2) is 5.78 Å². The van der Waals surface area contributed by atoms with Crippen molar-refractivity contribution in [2.45, 2.75) is 5.92 Å². The van der Waals surface area contributed by atoms with E-state index in [9.17, 15) is 10.1 Å². The van der Waals surface area contributed by atoms with E-state index in [1.54, 1.807) is 30.3 Å². The van der Waals surface area contributed by atoms with Crippen LogP contribution in [-0.2, 0) is 0 Å². The molecule has 0 aliphatic rings. The van der Waals surface area contributed by atoms with E-state index in [0.717, 1.165) is 4.47 Å². The number of nitriles is 1. The van der Waals surface area contributed by atoms with Crippen LogP contribution in [0.3, 0.4) is 0 Å². The van der Waals surface area contributed by atoms with Gasteiger partial charge in [0.25, 0.3) is 0 Å². The molecule has 0 aliphatic heterocycles. The van der Waals surface area contributed by atoms with Gasteiger partial charge in [-0.25, -0.2) is 0 Å². The molecule has 0 N–H and O–H groups in total. The van der Waals surface area contributed by atoms with Crippen molar-refractivity contribution in [3.05, 3.63) is 56.9 Å². The van der Waals surface area contributed by atoms with E-state index >= 15 is 0 Å². The average molecular weight is 369 g/mol. The number of hydrogen-bond acceptors (Lipinski definition) is 3. The Hall–Kier alpha value is -1.38. The Bertz CT molecular complexity index is 628. The first-order valence-corrected chi connectivity index (χ1v) is 6.65. The lowest BCUT2D eigenvalue weighted by Crippen LogP contribution is -2.11. The van der Waals surface area contributed by atoms with Crippen molar-refractivity contribution in [1.29, 1.82) is 5.26 Å². The average Bonchev–Trinajstić information content (AvgIpc) is 2.79. The smallest absolute Gasteiger partial charge is 0.219 e. The van der Waals surface area contributed by atoms with Crippen molar-refractivity contribution >= 4 is 37.6 Å². The number of hydrogen-bond donors (Lipinski definition) is 0. The molecule has 0 amide bonds. The second kappa shape index (κ2) is 5.51. The molecule has 2 rings (SSSR count). The van der Waals surface area contributed by atoms with Gasteiger partial charge in [-0.15, -0.1) is 0 Å². The molecule has 1 heterocycles. The Morgan fingerprint density at radius 1 is 1.22 bits per heavy atom. The molecule has 5 heteroatoms. The Balaban J connectivity index is 2.39. The summed E-state index contributed by atoms with van der Waals surface area (Å²) >= 11 is 6.47. The highest BCUT2D eigenvalue weighted by Gasteiger charge is 2.25. The molecule has 1 aromatic carbocycles. The van der Waals surface area contributed by atoms with E-state index < -0.39 is 5.92 Å². The maximum atomic E-state index is 12.2. The molecule has 0 fully saturated rings. The molecule has 0 spiro atoms. The predicted molar refractivity (Wildman–Crippen MR) is 73.2 cm³/mol. The summed E-state index contributed by atoms with van der Waals surface area (Å²) in [6, 6.07) is 12.3. The molecule has 1 atom stereocenters. The second-order valence-corrected chi connectivity index (χ2v) is 5.19. The van der Waals surface area contributed by atoms with Crippen LogP contribution in [0.25, 0.3) is 0 Å². The summed E-state index contributed by atoms with van der Waals surface area (Å²) in [4.78, 5) is 12.2. The molecule has 18 heavy (non-hydrogen) atoms. The van der Waals surface area contributed by atoms with Crippen LogP contribution in [0.5, 0.6) is 0 Å². The van der Waals surface area contributed by atoms with Crippen LogP contribution in [0.4, 0.5) is 0 Å². The number of carbonyl (C=O) groups excluding carboxylic acids is 1. The molecule has 1 unspecified atom stereocenters. The summed E-state index contributed by atoms with van der Waals surface area (Å²) in [5.74, 6) is -1.06. The highest BCUT2D eigenvalue weighted by molar-refractivity contribution is 9.10. The maximum absolute atomic E-state index is 12.2. The SMILES string of the molecule is N#CC(C(=O)c1ccc(Br)o1)c1ccccc1Br. The molecular formula is C13H7Br2NO2. The van der Waals surface area contributed by atoms with E-state index in [0.29, 0.717) is 10.2 Å². The third-order valence-corrected chi connectivity index (χ3v) is 3.57. The summed E-state index contributed by atoms with van der Waals surface area (Å²) in [7, 11) is 0. The number of ketones is 1. The summed E-state index contributed by atoms with van der Waals surface area (Å²) in [5, 5.41) is 9.20. The maximum Gasteiger partial charge on any atom is 0.219 e. The lowest BCUT2D eigenvalue weighted by atomic mass is 9.95. The number of furan rings is 1. The zero-order chi connectivity index (χ0) is 13.1. The van der Waals surface area contributed by atoms with Gasteiger partial charge in [0.15, 0.2) is 10.4 Å². The normalized spacial score (nSPS) is 11.8. The summed E-state index contributed by atoms with van der Waals surface area (Å²) in [5.41, 5.74) is 0.637. The number of carbonyl (C=O) groups is 1. The molecule has 90 valence electrons. The minimum atomic E-state index is -0.876. The van der Waals surface area contributed by atoms with Crippen LogP contribution in [0.1, 0.15) is 22.0 Å². The van der Waals surface area contributed by atoms with Gasteiger partial charge >= 0.3 is 0 Å². The molecule has 0 saturated heterocycles. The van der Waals surface area contributed by atoms with Crippen LogP contribution < -0.4 is 0 Å². The number of rotatable bonds is 3. The fourth-order valence-electron chi connectivity index (χ4n) is 1.57. The van der Waals surface area contributed by atoms with Gasteiger partial charge in [0.05, 0.1) is 6.07 Å². The van der Waals surface area contributed by atoms with Crippen molar-refractivity contribution in [3.63, 3.8) is 0 Å². The van der Waals surface area contributed by atoms with E-state index in [2.05, 4.69) is 31.9 Å². The van der Waals surface area contributed by atoms with Crippen molar-refractivity contribution in [3.8, 4) is 6.07 Å². The quantitative estimate of drug-likeness (QED) is 0.759. The van der Waals surface area contributed by atoms with Crippen molar-refractivity contribution in [1.82, 2.24) is 0 Å². The first kappa shape index (κ1) is 13.1. The van der Waals surface area contributed by atoms with E-state index in [1.807, 2.05) is 12.1 Å². The first-order chi connectivity index (χ1) is 8.63. The highest BCUT2D eigenvalue weighted by Crippen LogP contribution is 2.28. The van der Waals surface area contributed by atoms with Crippen LogP contribution in [0.15, 0.2) is 50.0 Å². The van der Waals surface area contributed by atoms with Crippen molar-refractivity contribution in [2.75, 3.05) is 0 Å². The number of halogens is 2. The molecule has 3 nitrogen and oxygen atoms in total. The molecule has 0 saturated carbocycles. The topological polar surface area (TPSA) is 54.0 Å². The van der Waals surface area contributed by atoms with E-state index in [4.69, 9.17) is 4.42 Å².